The first-order valence-corrected chi connectivity index (χ1v) is 6.51. The van der Waals surface area contributed by atoms with E-state index in [0.717, 1.165) is 0 Å². The standard InChI is InChI=1S/C6H15N.HPS2/c1-4-7(5-2)6-3;2-1-3/h4-6H2,1-3H3;(H,2,3). The van der Waals surface area contributed by atoms with Crippen molar-refractivity contribution >= 4 is 30.6 Å². The van der Waals surface area contributed by atoms with Crippen LogP contribution in [0.15, 0.2) is 0 Å². The minimum atomic E-state index is 0.694. The third-order valence-corrected chi connectivity index (χ3v) is 1.34. The lowest BCUT2D eigenvalue weighted by atomic mass is 10.5. The average Bonchev–Trinajstić information content (AvgIpc) is 1.93. The Balaban J connectivity index is 0. The van der Waals surface area contributed by atoms with Crippen LogP contribution in [0.4, 0.5) is 0 Å². The number of hydrogen-bond donors (Lipinski definition) is 1. The molecular weight excluding hydrogens is 181 g/mol. The quantitative estimate of drug-likeness (QED) is 0.547. The van der Waals surface area contributed by atoms with E-state index in [9.17, 15) is 0 Å². The monoisotopic (exact) mass is 197 g/mol. The molecule has 0 atom stereocenters. The number of thiol groups is 1. The summed E-state index contributed by atoms with van der Waals surface area (Å²) in [5.41, 5.74) is 0. The summed E-state index contributed by atoms with van der Waals surface area (Å²) in [6, 6.07) is 0. The SMILES string of the molecule is CCN(CC)CC.S=PS. The normalized spacial score (nSPS) is 9.30. The van der Waals surface area contributed by atoms with Crippen molar-refractivity contribution in [2.45, 2.75) is 20.8 Å². The zero-order valence-electron chi connectivity index (χ0n) is 6.87. The van der Waals surface area contributed by atoms with Gasteiger partial charge in [-0.05, 0) is 31.4 Å². The average molecular weight is 197 g/mol. The smallest absolute Gasteiger partial charge is 0.0397 e. The largest absolute Gasteiger partial charge is 0.304 e. The second kappa shape index (κ2) is 12.5. The lowest BCUT2D eigenvalue weighted by molar-refractivity contribution is 0.321. The highest BCUT2D eigenvalue weighted by Gasteiger charge is 1.89. The van der Waals surface area contributed by atoms with Gasteiger partial charge in [0.25, 0.3) is 0 Å². The van der Waals surface area contributed by atoms with Gasteiger partial charge in [0.1, 0.15) is 0 Å². The molecule has 0 radical (unpaired) electrons. The summed E-state index contributed by atoms with van der Waals surface area (Å²) in [6.45, 7) is 10.8. The van der Waals surface area contributed by atoms with Crippen LogP contribution in [0.2, 0.25) is 0 Å². The van der Waals surface area contributed by atoms with Crippen molar-refractivity contribution in [3.05, 3.63) is 0 Å². The molecule has 0 amide bonds. The van der Waals surface area contributed by atoms with Gasteiger partial charge in [0.2, 0.25) is 0 Å². The molecule has 0 aliphatic carbocycles. The highest BCUT2D eigenvalue weighted by atomic mass is 32.9. The maximum absolute atomic E-state index is 4.23. The highest BCUT2D eigenvalue weighted by molar-refractivity contribution is 8.49. The van der Waals surface area contributed by atoms with Crippen molar-refractivity contribution in [3.8, 4) is 0 Å². The van der Waals surface area contributed by atoms with Gasteiger partial charge < -0.3 is 4.90 Å². The third-order valence-electron chi connectivity index (χ3n) is 1.34. The molecule has 0 saturated heterocycles. The molecule has 0 rings (SSSR count). The van der Waals surface area contributed by atoms with Gasteiger partial charge in [0.15, 0.2) is 0 Å². The van der Waals surface area contributed by atoms with Crippen LogP contribution in [0.25, 0.3) is 0 Å². The minimum Gasteiger partial charge on any atom is -0.304 e. The Morgan fingerprint density at radius 3 is 1.40 bits per heavy atom. The molecule has 0 aromatic rings. The molecule has 0 bridgehead atoms. The van der Waals surface area contributed by atoms with Crippen molar-refractivity contribution in [2.24, 2.45) is 0 Å². The van der Waals surface area contributed by atoms with E-state index in [1.54, 1.807) is 0 Å². The van der Waals surface area contributed by atoms with Gasteiger partial charge in [-0.15, -0.1) is 12.2 Å². The maximum Gasteiger partial charge on any atom is 0.0397 e. The predicted octanol–water partition coefficient (Wildman–Crippen LogP) is 2.59. The van der Waals surface area contributed by atoms with E-state index in [0.29, 0.717) is 6.56 Å². The molecule has 0 aromatic carbocycles. The topological polar surface area (TPSA) is 3.24 Å². The van der Waals surface area contributed by atoms with Crippen LogP contribution < -0.4 is 0 Å². The molecule has 0 heterocycles. The fourth-order valence-corrected chi connectivity index (χ4v) is 0.671. The van der Waals surface area contributed by atoms with E-state index in [2.05, 4.69) is 49.7 Å². The minimum absolute atomic E-state index is 0.694. The van der Waals surface area contributed by atoms with Crippen molar-refractivity contribution in [3.63, 3.8) is 0 Å². The Morgan fingerprint density at radius 1 is 1.20 bits per heavy atom. The molecule has 0 unspecified atom stereocenters. The van der Waals surface area contributed by atoms with E-state index < -0.39 is 0 Å². The molecule has 0 fully saturated rings. The summed E-state index contributed by atoms with van der Waals surface area (Å²) in [5, 5.41) is 0. The highest BCUT2D eigenvalue weighted by Crippen LogP contribution is 1.91. The van der Waals surface area contributed by atoms with E-state index in [1.165, 1.54) is 19.6 Å². The second-order valence-electron chi connectivity index (χ2n) is 1.70. The van der Waals surface area contributed by atoms with Gasteiger partial charge in [-0.25, -0.2) is 0 Å². The molecule has 0 N–H and O–H groups in total. The van der Waals surface area contributed by atoms with Crippen LogP contribution >= 0.6 is 18.8 Å². The number of rotatable bonds is 3. The molecular formula is C6H16NPS2. The molecule has 4 heteroatoms. The Kier molecular flexibility index (Phi) is 16.8. The van der Waals surface area contributed by atoms with E-state index in [4.69, 9.17) is 0 Å². The first-order chi connectivity index (χ1) is 4.76. The van der Waals surface area contributed by atoms with Gasteiger partial charge in [0.05, 0.1) is 0 Å². The Labute approximate surface area is 76.2 Å². The first-order valence-electron chi connectivity index (χ1n) is 3.45. The van der Waals surface area contributed by atoms with E-state index in [-0.39, 0.29) is 0 Å². The summed E-state index contributed by atoms with van der Waals surface area (Å²) in [7, 11) is 0. The van der Waals surface area contributed by atoms with Crippen molar-refractivity contribution < 1.29 is 0 Å². The van der Waals surface area contributed by atoms with Gasteiger partial charge >= 0.3 is 0 Å². The molecule has 10 heavy (non-hydrogen) atoms. The molecule has 0 aromatic heterocycles. The van der Waals surface area contributed by atoms with Gasteiger partial charge in [-0.3, -0.25) is 0 Å². The Bertz CT molecular complexity index is 61.3. The van der Waals surface area contributed by atoms with Gasteiger partial charge in [0, 0.05) is 6.56 Å². The van der Waals surface area contributed by atoms with Crippen LogP contribution in [0.1, 0.15) is 20.8 Å². The molecule has 0 spiro atoms. The van der Waals surface area contributed by atoms with Gasteiger partial charge in [-0.2, -0.15) is 0 Å². The maximum atomic E-state index is 4.23. The third kappa shape index (κ3) is 11.6. The summed E-state index contributed by atoms with van der Waals surface area (Å²) in [4.78, 5) is 2.38. The van der Waals surface area contributed by atoms with Crippen molar-refractivity contribution in [2.75, 3.05) is 19.6 Å². The lowest BCUT2D eigenvalue weighted by Crippen LogP contribution is -2.21. The van der Waals surface area contributed by atoms with Crippen LogP contribution in [0.5, 0.6) is 0 Å². The molecule has 62 valence electrons. The van der Waals surface area contributed by atoms with Crippen LogP contribution in [0.3, 0.4) is 0 Å². The Morgan fingerprint density at radius 2 is 1.40 bits per heavy atom. The molecule has 0 saturated carbocycles. The molecule has 1 nitrogen and oxygen atoms in total. The fraction of sp³-hybridized carbons (Fsp3) is 1.00. The van der Waals surface area contributed by atoms with Crippen molar-refractivity contribution in [1.29, 1.82) is 0 Å². The molecule has 0 aliphatic heterocycles. The van der Waals surface area contributed by atoms with Crippen molar-refractivity contribution in [1.82, 2.24) is 4.90 Å². The number of nitrogens with zero attached hydrogens (tertiary/aromatic N) is 1. The zero-order chi connectivity index (χ0) is 8.41. The van der Waals surface area contributed by atoms with Crippen LogP contribution in [0, 0.1) is 0 Å². The van der Waals surface area contributed by atoms with Gasteiger partial charge in [-0.1, -0.05) is 20.8 Å². The van der Waals surface area contributed by atoms with Crippen LogP contribution in [-0.2, 0) is 11.8 Å². The molecule has 0 aliphatic rings. The van der Waals surface area contributed by atoms with E-state index >= 15 is 0 Å². The first kappa shape index (κ1) is 13.4. The Hall–Kier alpha value is 0.830. The fourth-order valence-electron chi connectivity index (χ4n) is 0.671. The summed E-state index contributed by atoms with van der Waals surface area (Å²) in [5.74, 6) is 0. The summed E-state index contributed by atoms with van der Waals surface area (Å²) >= 11 is 7.81. The van der Waals surface area contributed by atoms with E-state index in [1.807, 2.05) is 0 Å². The van der Waals surface area contributed by atoms with Crippen LogP contribution in [-0.4, -0.2) is 24.5 Å². The predicted molar refractivity (Wildman–Crippen MR) is 56.7 cm³/mol. The second-order valence-corrected chi connectivity index (χ2v) is 3.82. The zero-order valence-corrected chi connectivity index (χ0v) is 9.48. The summed E-state index contributed by atoms with van der Waals surface area (Å²) < 4.78 is 0. The lowest BCUT2D eigenvalue weighted by Gasteiger charge is -2.13. The number of hydrogen-bond acceptors (Lipinski definition) is 2. The summed E-state index contributed by atoms with van der Waals surface area (Å²) in [6.07, 6.45) is 0.